The number of piperazine rings is 1. The van der Waals surface area contributed by atoms with Crippen LogP contribution in [0.5, 0.6) is 0 Å². The van der Waals surface area contributed by atoms with Crippen molar-refractivity contribution in [2.24, 2.45) is 0 Å². The predicted molar refractivity (Wildman–Crippen MR) is 110 cm³/mol. The van der Waals surface area contributed by atoms with E-state index in [9.17, 15) is 4.79 Å². The molecule has 144 valence electrons. The number of hydrogen-bond acceptors (Lipinski definition) is 4. The van der Waals surface area contributed by atoms with Gasteiger partial charge in [0.15, 0.2) is 5.65 Å². The van der Waals surface area contributed by atoms with Gasteiger partial charge in [-0.25, -0.2) is 4.98 Å². The van der Waals surface area contributed by atoms with Gasteiger partial charge in [0, 0.05) is 49.9 Å². The number of hydrogen-bond donors (Lipinski definition) is 0. The summed E-state index contributed by atoms with van der Waals surface area (Å²) < 4.78 is 2.06. The number of carbonyl (C=O) groups excluding carboxylic acids is 1. The maximum absolute atomic E-state index is 11.7. The van der Waals surface area contributed by atoms with Gasteiger partial charge < -0.3 is 9.80 Å². The van der Waals surface area contributed by atoms with Crippen LogP contribution in [0.4, 0.5) is 5.82 Å². The normalized spacial score (nSPS) is 16.6. The summed E-state index contributed by atoms with van der Waals surface area (Å²) in [6.07, 6.45) is 3.24. The Bertz CT molecular complexity index is 1050. The highest BCUT2D eigenvalue weighted by Crippen LogP contribution is 2.36. The molecular formula is C22H25N5O. The number of fused-ring (bicyclic) bond motifs is 2. The molecule has 1 aromatic carbocycles. The summed E-state index contributed by atoms with van der Waals surface area (Å²) in [4.78, 5) is 21.1. The number of anilines is 1. The first-order valence-corrected chi connectivity index (χ1v) is 10.1. The maximum atomic E-state index is 11.7. The SMILES string of the molecule is CC(=O)N1CCN(c2c3c(nc4c(-c5ccccc5)c(C)nn24)CCC3)CC1. The lowest BCUT2D eigenvalue weighted by Gasteiger charge is -2.36. The summed E-state index contributed by atoms with van der Waals surface area (Å²) in [6.45, 7) is 6.93. The van der Waals surface area contributed by atoms with Crippen molar-refractivity contribution in [2.75, 3.05) is 31.1 Å². The van der Waals surface area contributed by atoms with Crippen LogP contribution in [-0.4, -0.2) is 51.6 Å². The van der Waals surface area contributed by atoms with E-state index in [1.165, 1.54) is 17.1 Å². The quantitative estimate of drug-likeness (QED) is 0.691. The van der Waals surface area contributed by atoms with E-state index >= 15 is 0 Å². The zero-order valence-electron chi connectivity index (χ0n) is 16.5. The lowest BCUT2D eigenvalue weighted by atomic mass is 10.1. The molecule has 5 rings (SSSR count). The average molecular weight is 375 g/mol. The van der Waals surface area contributed by atoms with E-state index in [1.54, 1.807) is 6.92 Å². The predicted octanol–water partition coefficient (Wildman–Crippen LogP) is 2.86. The molecule has 1 fully saturated rings. The zero-order valence-corrected chi connectivity index (χ0v) is 16.5. The van der Waals surface area contributed by atoms with E-state index in [1.807, 2.05) is 11.0 Å². The molecule has 1 aliphatic carbocycles. The van der Waals surface area contributed by atoms with Crippen LogP contribution in [0.1, 0.15) is 30.3 Å². The second-order valence-corrected chi connectivity index (χ2v) is 7.77. The third-order valence-electron chi connectivity index (χ3n) is 6.02. The van der Waals surface area contributed by atoms with Gasteiger partial charge in [-0.2, -0.15) is 9.61 Å². The maximum Gasteiger partial charge on any atom is 0.219 e. The molecule has 3 heterocycles. The van der Waals surface area contributed by atoms with Gasteiger partial charge in [-0.05, 0) is 31.7 Å². The minimum absolute atomic E-state index is 0.158. The fourth-order valence-electron chi connectivity index (χ4n) is 4.61. The summed E-state index contributed by atoms with van der Waals surface area (Å²) in [6, 6.07) is 10.4. The van der Waals surface area contributed by atoms with E-state index in [0.29, 0.717) is 0 Å². The Morgan fingerprint density at radius 2 is 1.79 bits per heavy atom. The molecule has 0 saturated carbocycles. The lowest BCUT2D eigenvalue weighted by molar-refractivity contribution is -0.129. The molecule has 3 aromatic rings. The van der Waals surface area contributed by atoms with Crippen molar-refractivity contribution < 1.29 is 4.79 Å². The molecule has 28 heavy (non-hydrogen) atoms. The average Bonchev–Trinajstić information content (AvgIpc) is 3.30. The highest BCUT2D eigenvalue weighted by Gasteiger charge is 2.29. The number of rotatable bonds is 2. The minimum atomic E-state index is 0.158. The standard InChI is InChI=1S/C22H25N5O/c1-15-20(17-7-4-3-5-8-17)21-23-19-10-6-9-18(19)22(27(21)24-15)26-13-11-25(12-14-26)16(2)28/h3-5,7-8H,6,9-14H2,1-2H3. The van der Waals surface area contributed by atoms with E-state index in [4.69, 9.17) is 10.1 Å². The van der Waals surface area contributed by atoms with Crippen molar-refractivity contribution in [1.82, 2.24) is 19.5 Å². The zero-order chi connectivity index (χ0) is 19.3. The van der Waals surface area contributed by atoms with Crippen LogP contribution in [-0.2, 0) is 17.6 Å². The van der Waals surface area contributed by atoms with Gasteiger partial charge in [0.1, 0.15) is 5.82 Å². The first-order chi connectivity index (χ1) is 13.6. The van der Waals surface area contributed by atoms with Gasteiger partial charge in [-0.1, -0.05) is 30.3 Å². The monoisotopic (exact) mass is 375 g/mol. The molecule has 1 aliphatic heterocycles. The minimum Gasteiger partial charge on any atom is -0.353 e. The first-order valence-electron chi connectivity index (χ1n) is 10.1. The Morgan fingerprint density at radius 3 is 2.50 bits per heavy atom. The van der Waals surface area contributed by atoms with Gasteiger partial charge in [0.25, 0.3) is 0 Å². The molecule has 0 radical (unpaired) electrons. The third-order valence-corrected chi connectivity index (χ3v) is 6.02. The van der Waals surface area contributed by atoms with E-state index in [-0.39, 0.29) is 5.91 Å². The van der Waals surface area contributed by atoms with Crippen LogP contribution >= 0.6 is 0 Å². The molecule has 0 bridgehead atoms. The van der Waals surface area contributed by atoms with Crippen molar-refractivity contribution >= 4 is 17.4 Å². The number of aromatic nitrogens is 3. The van der Waals surface area contributed by atoms with E-state index in [0.717, 1.165) is 67.9 Å². The Labute approximate surface area is 164 Å². The molecule has 6 heteroatoms. The molecule has 0 unspecified atom stereocenters. The van der Waals surface area contributed by atoms with Crippen molar-refractivity contribution in [3.63, 3.8) is 0 Å². The second-order valence-electron chi connectivity index (χ2n) is 7.77. The number of nitrogens with zero attached hydrogens (tertiary/aromatic N) is 5. The molecule has 2 aromatic heterocycles. The topological polar surface area (TPSA) is 53.7 Å². The van der Waals surface area contributed by atoms with E-state index in [2.05, 4.69) is 40.6 Å². The van der Waals surface area contributed by atoms with Crippen LogP contribution in [0.15, 0.2) is 30.3 Å². The number of aryl methyl sites for hydroxylation is 2. The van der Waals surface area contributed by atoms with Crippen LogP contribution < -0.4 is 4.90 Å². The van der Waals surface area contributed by atoms with Gasteiger partial charge in [-0.15, -0.1) is 0 Å². The summed E-state index contributed by atoms with van der Waals surface area (Å²) in [5, 5.41) is 4.93. The third kappa shape index (κ3) is 2.66. The van der Waals surface area contributed by atoms with Gasteiger partial charge in [0.05, 0.1) is 5.69 Å². The molecule has 0 N–H and O–H groups in total. The van der Waals surface area contributed by atoms with Crippen molar-refractivity contribution in [3.05, 3.63) is 47.3 Å². The molecule has 1 amide bonds. The highest BCUT2D eigenvalue weighted by molar-refractivity contribution is 5.81. The number of benzene rings is 1. The van der Waals surface area contributed by atoms with Crippen LogP contribution in [0.25, 0.3) is 16.8 Å². The molecule has 0 spiro atoms. The van der Waals surface area contributed by atoms with Crippen LogP contribution in [0.2, 0.25) is 0 Å². The Kier molecular flexibility index (Phi) is 4.07. The summed E-state index contributed by atoms with van der Waals surface area (Å²) >= 11 is 0. The van der Waals surface area contributed by atoms with Gasteiger partial charge >= 0.3 is 0 Å². The molecular weight excluding hydrogens is 350 g/mol. The van der Waals surface area contributed by atoms with Gasteiger partial charge in [-0.3, -0.25) is 4.79 Å². The fraction of sp³-hybridized carbons (Fsp3) is 0.409. The van der Waals surface area contributed by atoms with Crippen molar-refractivity contribution in [3.8, 4) is 11.1 Å². The second kappa shape index (κ2) is 6.62. The van der Waals surface area contributed by atoms with Crippen molar-refractivity contribution in [2.45, 2.75) is 33.1 Å². The van der Waals surface area contributed by atoms with Crippen LogP contribution in [0, 0.1) is 6.92 Å². The number of amides is 1. The fourth-order valence-corrected chi connectivity index (χ4v) is 4.61. The Morgan fingerprint density at radius 1 is 1.04 bits per heavy atom. The highest BCUT2D eigenvalue weighted by atomic mass is 16.2. The van der Waals surface area contributed by atoms with Crippen LogP contribution in [0.3, 0.4) is 0 Å². The Hall–Kier alpha value is -2.89. The molecule has 6 nitrogen and oxygen atoms in total. The molecule has 0 atom stereocenters. The number of carbonyl (C=O) groups is 1. The first kappa shape index (κ1) is 17.2. The largest absolute Gasteiger partial charge is 0.353 e. The summed E-state index contributed by atoms with van der Waals surface area (Å²) in [5.74, 6) is 1.34. The lowest BCUT2D eigenvalue weighted by Crippen LogP contribution is -2.49. The van der Waals surface area contributed by atoms with Gasteiger partial charge in [0.2, 0.25) is 5.91 Å². The smallest absolute Gasteiger partial charge is 0.219 e. The molecule has 2 aliphatic rings. The summed E-state index contributed by atoms with van der Waals surface area (Å²) in [7, 11) is 0. The van der Waals surface area contributed by atoms with Crippen molar-refractivity contribution in [1.29, 1.82) is 0 Å². The molecule has 1 saturated heterocycles. The van der Waals surface area contributed by atoms with E-state index < -0.39 is 0 Å². The summed E-state index contributed by atoms with van der Waals surface area (Å²) in [5.41, 5.74) is 6.80. The Balaban J connectivity index is 1.66.